The molecule has 198 valence electrons. The van der Waals surface area contributed by atoms with Crippen LogP contribution in [0, 0.1) is 0 Å². The van der Waals surface area contributed by atoms with Gasteiger partial charge in [-0.3, -0.25) is 19.3 Å². The Kier molecular flexibility index (Phi) is 7.03. The quantitative estimate of drug-likeness (QED) is 0.430. The first kappa shape index (κ1) is 26.5. The van der Waals surface area contributed by atoms with E-state index in [2.05, 4.69) is 10.6 Å². The van der Waals surface area contributed by atoms with Crippen LogP contribution in [0.25, 0.3) is 0 Å². The number of halogens is 6. The van der Waals surface area contributed by atoms with Gasteiger partial charge >= 0.3 is 12.4 Å². The summed E-state index contributed by atoms with van der Waals surface area (Å²) >= 11 is 0. The second-order valence-corrected chi connectivity index (χ2v) is 8.11. The van der Waals surface area contributed by atoms with Gasteiger partial charge in [0.15, 0.2) is 6.61 Å². The highest BCUT2D eigenvalue weighted by molar-refractivity contribution is 6.07. The third-order valence-electron chi connectivity index (χ3n) is 5.37. The molecule has 0 saturated carbocycles. The number of carbonyl (C=O) groups excluding carboxylic acids is 3. The third-order valence-corrected chi connectivity index (χ3v) is 5.37. The summed E-state index contributed by atoms with van der Waals surface area (Å²) in [5, 5.41) is 4.84. The predicted molar refractivity (Wildman–Crippen MR) is 124 cm³/mol. The number of para-hydroxylation sites is 1. The summed E-state index contributed by atoms with van der Waals surface area (Å²) in [7, 11) is 0. The number of benzene rings is 3. The molecule has 4 rings (SSSR count). The molecule has 0 atom stereocenters. The Balaban J connectivity index is 1.59. The van der Waals surface area contributed by atoms with Crippen molar-refractivity contribution in [1.29, 1.82) is 0 Å². The van der Waals surface area contributed by atoms with Crippen molar-refractivity contribution in [3.05, 3.63) is 83.4 Å². The molecule has 1 aliphatic rings. The SMILES string of the molecule is O=C(CN1C(=O)COc2ccc(NC(=O)c3cc(C(F)(F)F)cc(C(F)(F)F)c3)cc21)Nc1ccccc1. The van der Waals surface area contributed by atoms with Crippen molar-refractivity contribution in [2.75, 3.05) is 28.7 Å². The molecule has 0 aliphatic carbocycles. The fourth-order valence-corrected chi connectivity index (χ4v) is 3.61. The van der Waals surface area contributed by atoms with Crippen molar-refractivity contribution in [3.8, 4) is 5.75 Å². The summed E-state index contributed by atoms with van der Waals surface area (Å²) in [5.41, 5.74) is -3.67. The van der Waals surface area contributed by atoms with E-state index in [0.29, 0.717) is 17.8 Å². The molecule has 0 fully saturated rings. The molecule has 0 aromatic heterocycles. The monoisotopic (exact) mass is 537 g/mol. The Hall–Kier alpha value is -4.55. The topological polar surface area (TPSA) is 87.7 Å². The van der Waals surface area contributed by atoms with Crippen molar-refractivity contribution >= 4 is 34.8 Å². The number of hydrogen-bond acceptors (Lipinski definition) is 4. The molecule has 2 N–H and O–H groups in total. The number of anilines is 3. The summed E-state index contributed by atoms with van der Waals surface area (Å²) in [4.78, 5) is 38.7. The molecule has 0 unspecified atom stereocenters. The van der Waals surface area contributed by atoms with Crippen LogP contribution in [-0.2, 0) is 21.9 Å². The van der Waals surface area contributed by atoms with E-state index >= 15 is 0 Å². The van der Waals surface area contributed by atoms with E-state index in [0.717, 1.165) is 4.90 Å². The lowest BCUT2D eigenvalue weighted by atomic mass is 10.0. The Bertz CT molecular complexity index is 1360. The van der Waals surface area contributed by atoms with Crippen molar-refractivity contribution in [2.24, 2.45) is 0 Å². The lowest BCUT2D eigenvalue weighted by Gasteiger charge is -2.29. The predicted octanol–water partition coefficient (Wildman–Crippen LogP) is 5.34. The number of fused-ring (bicyclic) bond motifs is 1. The second-order valence-electron chi connectivity index (χ2n) is 8.11. The van der Waals surface area contributed by atoms with Crippen molar-refractivity contribution < 1.29 is 45.5 Å². The van der Waals surface area contributed by atoms with Gasteiger partial charge in [-0.05, 0) is 48.5 Å². The van der Waals surface area contributed by atoms with Gasteiger partial charge in [-0.1, -0.05) is 18.2 Å². The van der Waals surface area contributed by atoms with Gasteiger partial charge in [-0.15, -0.1) is 0 Å². The summed E-state index contributed by atoms with van der Waals surface area (Å²) in [6.45, 7) is -0.800. The van der Waals surface area contributed by atoms with Crippen LogP contribution in [0.2, 0.25) is 0 Å². The standard InChI is InChI=1S/C25H17F6N3O4/c26-24(27,28)15-8-14(9-16(10-15)25(29,30)31)23(37)33-18-6-7-20-19(11-18)34(22(36)13-38-20)12-21(35)32-17-4-2-1-3-5-17/h1-11H,12-13H2,(H,32,35)(H,33,37). The van der Waals surface area contributed by atoms with Crippen molar-refractivity contribution in [2.45, 2.75) is 12.4 Å². The molecule has 0 bridgehead atoms. The zero-order valence-electron chi connectivity index (χ0n) is 19.1. The molecule has 3 aromatic carbocycles. The second kappa shape index (κ2) is 10.1. The number of ether oxygens (including phenoxy) is 1. The number of amides is 3. The maximum atomic E-state index is 13.2. The van der Waals surface area contributed by atoms with E-state index in [1.807, 2.05) is 0 Å². The van der Waals surface area contributed by atoms with E-state index in [1.54, 1.807) is 30.3 Å². The zero-order chi connectivity index (χ0) is 27.7. The van der Waals surface area contributed by atoms with Gasteiger partial charge < -0.3 is 15.4 Å². The van der Waals surface area contributed by atoms with Gasteiger partial charge in [0.05, 0.1) is 16.8 Å². The highest BCUT2D eigenvalue weighted by Crippen LogP contribution is 2.37. The van der Waals surface area contributed by atoms with Gasteiger partial charge in [-0.25, -0.2) is 0 Å². The molecule has 0 saturated heterocycles. The third kappa shape index (κ3) is 6.05. The average molecular weight is 537 g/mol. The number of hydrogen-bond donors (Lipinski definition) is 2. The first-order valence-corrected chi connectivity index (χ1v) is 10.8. The first-order valence-electron chi connectivity index (χ1n) is 10.8. The molecule has 1 heterocycles. The summed E-state index contributed by atoms with van der Waals surface area (Å²) in [5.74, 6) is -2.21. The fraction of sp³-hybridized carbons (Fsp3) is 0.160. The van der Waals surface area contributed by atoms with E-state index in [9.17, 15) is 40.7 Å². The number of nitrogens with zero attached hydrogens (tertiary/aromatic N) is 1. The Labute approximate surface area is 211 Å². The van der Waals surface area contributed by atoms with Gasteiger partial charge in [0.25, 0.3) is 11.8 Å². The van der Waals surface area contributed by atoms with E-state index < -0.39 is 53.3 Å². The number of rotatable bonds is 5. The molecule has 3 amide bonds. The lowest BCUT2D eigenvalue weighted by molar-refractivity contribution is -0.143. The van der Waals surface area contributed by atoms with Crippen LogP contribution in [-0.4, -0.2) is 30.9 Å². The molecule has 0 spiro atoms. The fourth-order valence-electron chi connectivity index (χ4n) is 3.61. The molecule has 7 nitrogen and oxygen atoms in total. The molecular formula is C25H17F6N3O4. The molecule has 13 heteroatoms. The van der Waals surface area contributed by atoms with E-state index in [1.165, 1.54) is 18.2 Å². The summed E-state index contributed by atoms with van der Waals surface area (Å²) in [6, 6.07) is 12.8. The van der Waals surface area contributed by atoms with Gasteiger partial charge in [0.1, 0.15) is 12.3 Å². The largest absolute Gasteiger partial charge is 0.482 e. The van der Waals surface area contributed by atoms with Crippen LogP contribution in [0.4, 0.5) is 43.4 Å². The molecular weight excluding hydrogens is 520 g/mol. The number of nitrogens with one attached hydrogen (secondary N) is 2. The highest BCUT2D eigenvalue weighted by atomic mass is 19.4. The minimum absolute atomic E-state index is 0.0634. The van der Waals surface area contributed by atoms with Crippen molar-refractivity contribution in [1.82, 2.24) is 0 Å². The van der Waals surface area contributed by atoms with Gasteiger partial charge in [-0.2, -0.15) is 26.3 Å². The number of alkyl halides is 6. The Morgan fingerprint density at radius 2 is 1.45 bits per heavy atom. The highest BCUT2D eigenvalue weighted by Gasteiger charge is 2.37. The van der Waals surface area contributed by atoms with Crippen LogP contribution in [0.5, 0.6) is 5.75 Å². The van der Waals surface area contributed by atoms with Crippen LogP contribution in [0.1, 0.15) is 21.5 Å². The minimum atomic E-state index is -5.12. The van der Waals surface area contributed by atoms with Crippen LogP contribution < -0.4 is 20.3 Å². The van der Waals surface area contributed by atoms with Crippen LogP contribution in [0.3, 0.4) is 0 Å². The Morgan fingerprint density at radius 3 is 2.05 bits per heavy atom. The summed E-state index contributed by atoms with van der Waals surface area (Å²) < 4.78 is 84.3. The Morgan fingerprint density at radius 1 is 0.816 bits per heavy atom. The maximum absolute atomic E-state index is 13.2. The zero-order valence-corrected chi connectivity index (χ0v) is 19.1. The summed E-state index contributed by atoms with van der Waals surface area (Å²) in [6.07, 6.45) is -10.2. The smallest absolute Gasteiger partial charge is 0.416 e. The average Bonchev–Trinajstić information content (AvgIpc) is 2.85. The molecule has 38 heavy (non-hydrogen) atoms. The van der Waals surface area contributed by atoms with Gasteiger partial charge in [0.2, 0.25) is 5.91 Å². The first-order chi connectivity index (χ1) is 17.8. The molecule has 0 radical (unpaired) electrons. The van der Waals surface area contributed by atoms with Crippen molar-refractivity contribution in [3.63, 3.8) is 0 Å². The molecule has 3 aromatic rings. The lowest BCUT2D eigenvalue weighted by Crippen LogP contribution is -2.43. The minimum Gasteiger partial charge on any atom is -0.482 e. The van der Waals surface area contributed by atoms with E-state index in [4.69, 9.17) is 4.74 Å². The van der Waals surface area contributed by atoms with Gasteiger partial charge in [0, 0.05) is 16.9 Å². The molecule has 1 aliphatic heterocycles. The maximum Gasteiger partial charge on any atom is 0.416 e. The van der Waals surface area contributed by atoms with Crippen LogP contribution >= 0.6 is 0 Å². The normalized spacial score (nSPS) is 13.4. The number of carbonyl (C=O) groups is 3. The van der Waals surface area contributed by atoms with Crippen LogP contribution in [0.15, 0.2) is 66.7 Å². The van der Waals surface area contributed by atoms with E-state index in [-0.39, 0.29) is 29.8 Å².